The second-order valence-electron chi connectivity index (χ2n) is 8.58. The van der Waals surface area contributed by atoms with Crippen LogP contribution < -0.4 is 5.32 Å². The number of hydrogen-bond donors (Lipinski definition) is 1. The Labute approximate surface area is 171 Å². The summed E-state index contributed by atoms with van der Waals surface area (Å²) in [5.74, 6) is 0.455. The topological polar surface area (TPSA) is 50.2 Å². The number of aryl methyl sites for hydroxylation is 1. The van der Waals surface area contributed by atoms with Crippen LogP contribution >= 0.6 is 0 Å². The number of nitrogens with one attached hydrogen (secondary N) is 1. The Hall–Kier alpha value is -2.66. The zero-order chi connectivity index (χ0) is 20.0. The lowest BCUT2D eigenvalue weighted by atomic mass is 9.89. The van der Waals surface area contributed by atoms with Gasteiger partial charge in [-0.1, -0.05) is 36.4 Å². The van der Waals surface area contributed by atoms with E-state index in [1.54, 1.807) is 0 Å². The van der Waals surface area contributed by atoms with Gasteiger partial charge in [-0.3, -0.25) is 9.48 Å². The fraction of sp³-hybridized carbons (Fsp3) is 0.417. The Kier molecular flexibility index (Phi) is 4.63. The monoisotopic (exact) mass is 388 g/mol. The molecule has 5 heteroatoms. The third-order valence-corrected chi connectivity index (χ3v) is 6.55. The molecule has 1 aliphatic carbocycles. The molecule has 1 saturated carbocycles. The van der Waals surface area contributed by atoms with Crippen molar-refractivity contribution in [3.8, 4) is 0 Å². The van der Waals surface area contributed by atoms with Crippen molar-refractivity contribution in [1.29, 1.82) is 0 Å². The van der Waals surface area contributed by atoms with E-state index in [9.17, 15) is 4.79 Å². The molecule has 150 valence electrons. The van der Waals surface area contributed by atoms with Crippen LogP contribution in [0.5, 0.6) is 0 Å². The van der Waals surface area contributed by atoms with Crippen molar-refractivity contribution in [3.63, 3.8) is 0 Å². The molecule has 29 heavy (non-hydrogen) atoms. The molecule has 2 aliphatic rings. The lowest BCUT2D eigenvalue weighted by Crippen LogP contribution is -2.41. The van der Waals surface area contributed by atoms with Gasteiger partial charge in [0.05, 0.1) is 18.2 Å². The van der Waals surface area contributed by atoms with Gasteiger partial charge in [0.2, 0.25) is 5.91 Å². The van der Waals surface area contributed by atoms with Gasteiger partial charge in [0.25, 0.3) is 0 Å². The van der Waals surface area contributed by atoms with Gasteiger partial charge < -0.3 is 10.2 Å². The van der Waals surface area contributed by atoms with Gasteiger partial charge in [-0.15, -0.1) is 0 Å². The molecule has 5 rings (SSSR count). The van der Waals surface area contributed by atoms with Gasteiger partial charge in [0, 0.05) is 38.3 Å². The van der Waals surface area contributed by atoms with Crippen molar-refractivity contribution in [2.45, 2.75) is 37.8 Å². The molecule has 1 aliphatic heterocycles. The van der Waals surface area contributed by atoms with Gasteiger partial charge in [-0.25, -0.2) is 0 Å². The van der Waals surface area contributed by atoms with E-state index in [1.807, 2.05) is 24.1 Å². The molecule has 1 aromatic heterocycles. The van der Waals surface area contributed by atoms with Crippen LogP contribution in [0.1, 0.15) is 42.9 Å². The Bertz CT molecular complexity index is 1040. The molecule has 5 nitrogen and oxygen atoms in total. The molecular weight excluding hydrogens is 360 g/mol. The number of fused-ring (bicyclic) bond motifs is 1. The first-order chi connectivity index (χ1) is 14.1. The van der Waals surface area contributed by atoms with Crippen molar-refractivity contribution in [2.24, 2.45) is 13.0 Å². The van der Waals surface area contributed by atoms with Gasteiger partial charge in [0.1, 0.15) is 0 Å². The summed E-state index contributed by atoms with van der Waals surface area (Å²) in [6.45, 7) is 3.76. The number of hydrogen-bond acceptors (Lipinski definition) is 3. The molecule has 1 amide bonds. The summed E-state index contributed by atoms with van der Waals surface area (Å²) in [5, 5.41) is 10.2. The number of aromatic nitrogens is 2. The zero-order valence-electron chi connectivity index (χ0n) is 17.1. The summed E-state index contributed by atoms with van der Waals surface area (Å²) in [4.78, 5) is 15.9. The first-order valence-electron chi connectivity index (χ1n) is 10.6. The van der Waals surface area contributed by atoms with E-state index in [-0.39, 0.29) is 23.8 Å². The van der Waals surface area contributed by atoms with Gasteiger partial charge in [0.15, 0.2) is 0 Å². The number of carbonyl (C=O) groups excluding carboxylic acids is 1. The standard InChI is InChI=1S/C24H28N4O/c1-16(18-8-7-17-5-3-4-6-19(17)11-18)28(21-9-10-21)24(29)23-14-25-13-22(23)20-12-26-27(2)15-20/h3-8,11-12,15-16,21-23,25H,9-10,13-14H2,1-2H3/t16?,22-,23+/m1/s1. The third kappa shape index (κ3) is 3.44. The summed E-state index contributed by atoms with van der Waals surface area (Å²) in [5.41, 5.74) is 2.37. The predicted molar refractivity (Wildman–Crippen MR) is 115 cm³/mol. The molecular formula is C24H28N4O. The first-order valence-corrected chi connectivity index (χ1v) is 10.6. The van der Waals surface area contributed by atoms with E-state index in [0.29, 0.717) is 6.04 Å². The Morgan fingerprint density at radius 3 is 2.69 bits per heavy atom. The summed E-state index contributed by atoms with van der Waals surface area (Å²) in [6.07, 6.45) is 6.18. The minimum absolute atomic E-state index is 0.0253. The quantitative estimate of drug-likeness (QED) is 0.726. The van der Waals surface area contributed by atoms with Crippen LogP contribution in [0.25, 0.3) is 10.8 Å². The third-order valence-electron chi connectivity index (χ3n) is 6.55. The fourth-order valence-corrected chi connectivity index (χ4v) is 4.78. The van der Waals surface area contributed by atoms with Crippen LogP contribution in [-0.4, -0.2) is 39.7 Å². The highest BCUT2D eigenvalue weighted by atomic mass is 16.2. The molecule has 2 fully saturated rings. The van der Waals surface area contributed by atoms with Crippen LogP contribution in [0.3, 0.4) is 0 Å². The highest BCUT2D eigenvalue weighted by Gasteiger charge is 2.43. The molecule has 1 unspecified atom stereocenters. The van der Waals surface area contributed by atoms with Crippen molar-refractivity contribution < 1.29 is 4.79 Å². The highest BCUT2D eigenvalue weighted by molar-refractivity contribution is 5.84. The Morgan fingerprint density at radius 2 is 1.97 bits per heavy atom. The lowest BCUT2D eigenvalue weighted by molar-refractivity contribution is -0.138. The van der Waals surface area contributed by atoms with Crippen molar-refractivity contribution in [1.82, 2.24) is 20.0 Å². The van der Waals surface area contributed by atoms with Gasteiger partial charge >= 0.3 is 0 Å². The van der Waals surface area contributed by atoms with Gasteiger partial charge in [-0.2, -0.15) is 5.10 Å². The molecule has 2 aromatic carbocycles. The molecule has 0 bridgehead atoms. The van der Waals surface area contributed by atoms with E-state index in [0.717, 1.165) is 31.5 Å². The van der Waals surface area contributed by atoms with Crippen LogP contribution in [0, 0.1) is 5.92 Å². The highest BCUT2D eigenvalue weighted by Crippen LogP contribution is 2.39. The maximum Gasteiger partial charge on any atom is 0.228 e. The van der Waals surface area contributed by atoms with E-state index < -0.39 is 0 Å². The summed E-state index contributed by atoms with van der Waals surface area (Å²) < 4.78 is 1.82. The largest absolute Gasteiger partial charge is 0.333 e. The van der Waals surface area contributed by atoms with E-state index in [1.165, 1.54) is 16.3 Å². The first kappa shape index (κ1) is 18.4. The van der Waals surface area contributed by atoms with E-state index >= 15 is 0 Å². The smallest absolute Gasteiger partial charge is 0.228 e. The molecule has 2 heterocycles. The Balaban J connectivity index is 1.43. The maximum absolute atomic E-state index is 13.8. The fourth-order valence-electron chi connectivity index (χ4n) is 4.78. The molecule has 0 spiro atoms. The molecule has 1 saturated heterocycles. The summed E-state index contributed by atoms with van der Waals surface area (Å²) in [6, 6.07) is 15.5. The minimum atomic E-state index is -0.0253. The molecule has 3 aromatic rings. The number of nitrogens with zero attached hydrogens (tertiary/aromatic N) is 3. The number of benzene rings is 2. The predicted octanol–water partition coefficient (Wildman–Crippen LogP) is 3.63. The zero-order valence-corrected chi connectivity index (χ0v) is 17.1. The summed E-state index contributed by atoms with van der Waals surface area (Å²) >= 11 is 0. The van der Waals surface area contributed by atoms with Crippen LogP contribution in [-0.2, 0) is 11.8 Å². The normalized spacial score (nSPS) is 22.7. The van der Waals surface area contributed by atoms with Crippen molar-refractivity contribution in [2.75, 3.05) is 13.1 Å². The van der Waals surface area contributed by atoms with Crippen molar-refractivity contribution in [3.05, 3.63) is 66.0 Å². The number of carbonyl (C=O) groups is 1. The van der Waals surface area contributed by atoms with E-state index in [4.69, 9.17) is 0 Å². The average Bonchev–Trinajstić information content (AvgIpc) is 3.27. The lowest BCUT2D eigenvalue weighted by Gasteiger charge is -2.33. The van der Waals surface area contributed by atoms with Crippen LogP contribution in [0.15, 0.2) is 54.9 Å². The minimum Gasteiger partial charge on any atom is -0.333 e. The van der Waals surface area contributed by atoms with Crippen LogP contribution in [0.4, 0.5) is 0 Å². The number of amides is 1. The molecule has 0 radical (unpaired) electrons. The average molecular weight is 389 g/mol. The SMILES string of the molecule is CC(c1ccc2ccccc2c1)N(C(=O)[C@H]1CNC[C@@H]1c1cnn(C)c1)C1CC1. The van der Waals surface area contributed by atoms with E-state index in [2.05, 4.69) is 64.7 Å². The van der Waals surface area contributed by atoms with Crippen LogP contribution in [0.2, 0.25) is 0 Å². The van der Waals surface area contributed by atoms with Crippen molar-refractivity contribution >= 4 is 16.7 Å². The van der Waals surface area contributed by atoms with Gasteiger partial charge in [-0.05, 0) is 47.7 Å². The Morgan fingerprint density at radius 1 is 1.17 bits per heavy atom. The number of rotatable bonds is 5. The molecule has 3 atom stereocenters. The second-order valence-corrected chi connectivity index (χ2v) is 8.58. The second kappa shape index (κ2) is 7.30. The molecule has 1 N–H and O–H groups in total. The maximum atomic E-state index is 13.8. The summed E-state index contributed by atoms with van der Waals surface area (Å²) in [7, 11) is 1.93.